The number of aryl methyl sites for hydroxylation is 1. The third-order valence-corrected chi connectivity index (χ3v) is 3.38. The molecule has 2 aromatic carbocycles. The Balaban J connectivity index is 2.29. The van der Waals surface area contributed by atoms with Crippen molar-refractivity contribution in [1.29, 1.82) is 0 Å². The summed E-state index contributed by atoms with van der Waals surface area (Å²) in [5.41, 5.74) is 3.58. The maximum absolute atomic E-state index is 5.42. The Bertz CT molecular complexity index is 552. The summed E-state index contributed by atoms with van der Waals surface area (Å²) >= 11 is 5.42. The first kappa shape index (κ1) is 13.6. The number of nitrogens with one attached hydrogen (secondary N) is 1. The van der Waals surface area contributed by atoms with Crippen LogP contribution in [0.2, 0.25) is 0 Å². The van der Waals surface area contributed by atoms with Crippen LogP contribution in [0.4, 0.5) is 5.69 Å². The number of hydrogen-bond acceptors (Lipinski definition) is 1. The molecule has 1 N–H and O–H groups in total. The molecular formula is C16H18N2S. The van der Waals surface area contributed by atoms with E-state index in [1.807, 2.05) is 25.2 Å². The van der Waals surface area contributed by atoms with Crippen molar-refractivity contribution in [1.82, 2.24) is 5.32 Å². The normalized spacial score (nSPS) is 10.0. The zero-order chi connectivity index (χ0) is 13.7. The van der Waals surface area contributed by atoms with Gasteiger partial charge in [-0.15, -0.1) is 0 Å². The Morgan fingerprint density at radius 3 is 2.47 bits per heavy atom. The first-order valence-corrected chi connectivity index (χ1v) is 6.71. The van der Waals surface area contributed by atoms with Gasteiger partial charge >= 0.3 is 0 Å². The van der Waals surface area contributed by atoms with Gasteiger partial charge < -0.3 is 10.2 Å². The molecule has 0 spiro atoms. The summed E-state index contributed by atoms with van der Waals surface area (Å²) in [6.07, 6.45) is 0. The van der Waals surface area contributed by atoms with Gasteiger partial charge in [0.15, 0.2) is 5.11 Å². The SMILES string of the molecule is CNC(=S)N(Cc1ccccc1)c1cccc(C)c1. The Hall–Kier alpha value is -1.87. The summed E-state index contributed by atoms with van der Waals surface area (Å²) in [4.78, 5) is 2.11. The van der Waals surface area contributed by atoms with Crippen LogP contribution in [0.1, 0.15) is 11.1 Å². The zero-order valence-corrected chi connectivity index (χ0v) is 12.1. The van der Waals surface area contributed by atoms with Crippen LogP contribution in [0.25, 0.3) is 0 Å². The Morgan fingerprint density at radius 2 is 1.84 bits per heavy atom. The topological polar surface area (TPSA) is 15.3 Å². The van der Waals surface area contributed by atoms with Gasteiger partial charge in [0.2, 0.25) is 0 Å². The average Bonchev–Trinajstić information content (AvgIpc) is 2.45. The van der Waals surface area contributed by atoms with Crippen LogP contribution in [-0.4, -0.2) is 12.2 Å². The first-order valence-electron chi connectivity index (χ1n) is 6.30. The molecule has 0 amide bonds. The lowest BCUT2D eigenvalue weighted by Gasteiger charge is -2.25. The molecule has 0 saturated heterocycles. The predicted molar refractivity (Wildman–Crippen MR) is 85.5 cm³/mol. The number of anilines is 1. The van der Waals surface area contributed by atoms with E-state index in [9.17, 15) is 0 Å². The van der Waals surface area contributed by atoms with Gasteiger partial charge in [-0.1, -0.05) is 42.5 Å². The molecule has 0 heterocycles. The molecule has 0 aliphatic rings. The second-order valence-corrected chi connectivity index (χ2v) is 4.85. The van der Waals surface area contributed by atoms with Crippen molar-refractivity contribution in [2.45, 2.75) is 13.5 Å². The molecule has 0 bridgehead atoms. The predicted octanol–water partition coefficient (Wildman–Crippen LogP) is 3.51. The average molecular weight is 270 g/mol. The Kier molecular flexibility index (Phi) is 4.53. The van der Waals surface area contributed by atoms with E-state index in [1.165, 1.54) is 11.1 Å². The van der Waals surface area contributed by atoms with Crippen LogP contribution in [0.5, 0.6) is 0 Å². The van der Waals surface area contributed by atoms with E-state index < -0.39 is 0 Å². The van der Waals surface area contributed by atoms with E-state index in [4.69, 9.17) is 12.2 Å². The third kappa shape index (κ3) is 3.55. The minimum atomic E-state index is 0.731. The quantitative estimate of drug-likeness (QED) is 0.859. The van der Waals surface area contributed by atoms with Crippen LogP contribution in [0, 0.1) is 6.92 Å². The zero-order valence-electron chi connectivity index (χ0n) is 11.3. The highest BCUT2D eigenvalue weighted by molar-refractivity contribution is 7.80. The van der Waals surface area contributed by atoms with Crippen LogP contribution in [0.3, 0.4) is 0 Å². The van der Waals surface area contributed by atoms with E-state index in [0.29, 0.717) is 0 Å². The molecule has 3 heteroatoms. The standard InChI is InChI=1S/C16H18N2S/c1-13-7-6-10-15(11-13)18(16(19)17-2)12-14-8-4-3-5-9-14/h3-11H,12H2,1-2H3,(H,17,19). The molecule has 0 fully saturated rings. The second kappa shape index (κ2) is 6.34. The number of thiocarbonyl (C=S) groups is 1. The Morgan fingerprint density at radius 1 is 1.11 bits per heavy atom. The molecule has 2 rings (SSSR count). The summed E-state index contributed by atoms with van der Waals surface area (Å²) in [6, 6.07) is 18.7. The maximum Gasteiger partial charge on any atom is 0.173 e. The summed E-state index contributed by atoms with van der Waals surface area (Å²) in [6.45, 7) is 2.86. The maximum atomic E-state index is 5.42. The lowest BCUT2D eigenvalue weighted by molar-refractivity contribution is 0.972. The molecule has 0 saturated carbocycles. The van der Waals surface area contributed by atoms with Crippen molar-refractivity contribution in [3.05, 3.63) is 65.7 Å². The summed E-state index contributed by atoms with van der Waals surface area (Å²) in [5.74, 6) is 0. The summed E-state index contributed by atoms with van der Waals surface area (Å²) < 4.78 is 0. The number of hydrogen-bond donors (Lipinski definition) is 1. The van der Waals surface area contributed by atoms with E-state index in [1.54, 1.807) is 0 Å². The van der Waals surface area contributed by atoms with Crippen LogP contribution in [-0.2, 0) is 6.54 Å². The molecular weight excluding hydrogens is 252 g/mol. The van der Waals surface area contributed by atoms with Gasteiger partial charge in [0.1, 0.15) is 0 Å². The van der Waals surface area contributed by atoms with E-state index in [0.717, 1.165) is 17.3 Å². The van der Waals surface area contributed by atoms with Crippen LogP contribution < -0.4 is 10.2 Å². The molecule has 0 aliphatic heterocycles. The molecule has 0 aromatic heterocycles. The number of benzene rings is 2. The van der Waals surface area contributed by atoms with Crippen molar-refractivity contribution < 1.29 is 0 Å². The Labute approximate surface area is 120 Å². The highest BCUT2D eigenvalue weighted by Gasteiger charge is 2.11. The smallest absolute Gasteiger partial charge is 0.173 e. The van der Waals surface area contributed by atoms with Crippen molar-refractivity contribution in [2.24, 2.45) is 0 Å². The number of nitrogens with zero attached hydrogens (tertiary/aromatic N) is 1. The molecule has 2 nitrogen and oxygen atoms in total. The summed E-state index contributed by atoms with van der Waals surface area (Å²) in [5, 5.41) is 3.79. The van der Waals surface area contributed by atoms with Crippen LogP contribution in [0.15, 0.2) is 54.6 Å². The second-order valence-electron chi connectivity index (χ2n) is 4.47. The van der Waals surface area contributed by atoms with Gasteiger partial charge in [-0.25, -0.2) is 0 Å². The lowest BCUT2D eigenvalue weighted by Crippen LogP contribution is -2.37. The van der Waals surface area contributed by atoms with Crippen molar-refractivity contribution in [2.75, 3.05) is 11.9 Å². The van der Waals surface area contributed by atoms with Crippen molar-refractivity contribution in [3.8, 4) is 0 Å². The van der Waals surface area contributed by atoms with Crippen molar-refractivity contribution >= 4 is 23.0 Å². The van der Waals surface area contributed by atoms with E-state index in [-0.39, 0.29) is 0 Å². The highest BCUT2D eigenvalue weighted by atomic mass is 32.1. The molecule has 0 aliphatic carbocycles. The van der Waals surface area contributed by atoms with Gasteiger partial charge in [0.05, 0.1) is 6.54 Å². The fourth-order valence-electron chi connectivity index (χ4n) is 1.98. The molecule has 0 unspecified atom stereocenters. The van der Waals surface area contributed by atoms with Crippen molar-refractivity contribution in [3.63, 3.8) is 0 Å². The van der Waals surface area contributed by atoms with Gasteiger partial charge in [0, 0.05) is 12.7 Å². The van der Waals surface area contributed by atoms with E-state index in [2.05, 4.69) is 53.5 Å². The van der Waals surface area contributed by atoms with E-state index >= 15 is 0 Å². The third-order valence-electron chi connectivity index (χ3n) is 2.96. The minimum absolute atomic E-state index is 0.731. The van der Waals surface area contributed by atoms with Gasteiger partial charge in [-0.05, 0) is 42.4 Å². The largest absolute Gasteiger partial charge is 0.365 e. The van der Waals surface area contributed by atoms with Gasteiger partial charge in [0.25, 0.3) is 0 Å². The molecule has 2 aromatic rings. The fraction of sp³-hybridized carbons (Fsp3) is 0.188. The molecule has 98 valence electrons. The highest BCUT2D eigenvalue weighted by Crippen LogP contribution is 2.19. The lowest BCUT2D eigenvalue weighted by atomic mass is 10.1. The molecule has 0 radical (unpaired) electrons. The fourth-order valence-corrected chi connectivity index (χ4v) is 2.15. The van der Waals surface area contributed by atoms with Gasteiger partial charge in [-0.2, -0.15) is 0 Å². The summed E-state index contributed by atoms with van der Waals surface area (Å²) in [7, 11) is 1.86. The van der Waals surface area contributed by atoms with Crippen LogP contribution >= 0.6 is 12.2 Å². The van der Waals surface area contributed by atoms with Gasteiger partial charge in [-0.3, -0.25) is 0 Å². The first-order chi connectivity index (χ1) is 9.20. The molecule has 19 heavy (non-hydrogen) atoms. The number of rotatable bonds is 3. The molecule has 0 atom stereocenters. The minimum Gasteiger partial charge on any atom is -0.365 e. The monoisotopic (exact) mass is 270 g/mol.